The number of anilines is 1. The molecule has 3 N–H and O–H groups in total. The number of fused-ring (bicyclic) bond motifs is 1. The van der Waals surface area contributed by atoms with Gasteiger partial charge < -0.3 is 9.88 Å². The van der Waals surface area contributed by atoms with Crippen molar-refractivity contribution in [2.45, 2.75) is 19.1 Å². The second-order valence-electron chi connectivity index (χ2n) is 5.21. The molecular formula is C13H11ClF3N5. The summed E-state index contributed by atoms with van der Waals surface area (Å²) in [7, 11) is 0. The van der Waals surface area contributed by atoms with Crippen LogP contribution in [0.3, 0.4) is 0 Å². The molecule has 3 rings (SSSR count). The number of halogens is 4. The van der Waals surface area contributed by atoms with Gasteiger partial charge in [-0.2, -0.15) is 14.0 Å². The highest BCUT2D eigenvalue weighted by Gasteiger charge is 2.38. The Kier molecular flexibility index (Phi) is 3.23. The third kappa shape index (κ3) is 2.09. The van der Waals surface area contributed by atoms with Gasteiger partial charge in [-0.25, -0.2) is 9.37 Å². The number of nitriles is 1. The van der Waals surface area contributed by atoms with E-state index in [-0.39, 0.29) is 34.9 Å². The van der Waals surface area contributed by atoms with Crippen molar-refractivity contribution in [3.63, 3.8) is 0 Å². The average molecular weight is 330 g/mol. The molecule has 3 heterocycles. The number of aromatic nitrogens is 2. The maximum atomic E-state index is 13.6. The average Bonchev–Trinajstić information content (AvgIpc) is 2.68. The van der Waals surface area contributed by atoms with Crippen LogP contribution in [-0.4, -0.2) is 29.2 Å². The minimum Gasteiger partial charge on any atom is -0.363 e. The lowest BCUT2D eigenvalue weighted by molar-refractivity contribution is -0.00157. The van der Waals surface area contributed by atoms with Gasteiger partial charge in [-0.15, -0.1) is 0 Å². The highest BCUT2D eigenvalue weighted by atomic mass is 35.5. The summed E-state index contributed by atoms with van der Waals surface area (Å²) in [6.07, 6.45) is -1.07. The van der Waals surface area contributed by atoms with E-state index in [1.165, 1.54) is 4.90 Å². The zero-order valence-electron chi connectivity index (χ0n) is 11.4. The standard InChI is InChI=1S/C13H11ClF3N5/c1-5-8(14)9-10(20-5)11(22-3-6(15)4-22)7(2-18)12(21-9)13(16,17)19/h6,20H,3-4,19H2,1H3. The number of hydrogen-bond acceptors (Lipinski definition) is 4. The molecule has 0 atom stereocenters. The second kappa shape index (κ2) is 4.76. The molecule has 0 amide bonds. The van der Waals surface area contributed by atoms with Gasteiger partial charge in [-0.3, -0.25) is 5.73 Å². The van der Waals surface area contributed by atoms with Gasteiger partial charge in [-0.1, -0.05) is 11.6 Å². The summed E-state index contributed by atoms with van der Waals surface area (Å²) in [6, 6.07) is -2.10. The fourth-order valence-corrected chi connectivity index (χ4v) is 2.72. The Morgan fingerprint density at radius 2 is 2.14 bits per heavy atom. The molecule has 9 heteroatoms. The topological polar surface area (TPSA) is 81.7 Å². The molecule has 1 aliphatic heterocycles. The van der Waals surface area contributed by atoms with Crippen LogP contribution < -0.4 is 10.6 Å². The predicted octanol–water partition coefficient (Wildman–Crippen LogP) is 2.56. The van der Waals surface area contributed by atoms with Crippen molar-refractivity contribution < 1.29 is 13.2 Å². The maximum absolute atomic E-state index is 13.6. The van der Waals surface area contributed by atoms with E-state index in [1.54, 1.807) is 13.0 Å². The van der Waals surface area contributed by atoms with E-state index in [9.17, 15) is 18.4 Å². The minimum atomic E-state index is -3.80. The number of aromatic amines is 1. The lowest BCUT2D eigenvalue weighted by Gasteiger charge is -2.37. The molecule has 0 aromatic carbocycles. The van der Waals surface area contributed by atoms with E-state index in [0.717, 1.165) is 0 Å². The van der Waals surface area contributed by atoms with Gasteiger partial charge in [0.15, 0.2) is 0 Å². The highest BCUT2D eigenvalue weighted by molar-refractivity contribution is 6.36. The molecule has 1 fully saturated rings. The zero-order chi connectivity index (χ0) is 16.2. The SMILES string of the molecule is Cc1[nH]c2c(N3CC(F)C3)c(C#N)c(C(N)(F)F)nc2c1Cl. The van der Waals surface area contributed by atoms with E-state index in [0.29, 0.717) is 11.2 Å². The normalized spacial score (nSPS) is 16.0. The Labute approximate surface area is 128 Å². The molecule has 0 saturated carbocycles. The molecule has 2 aromatic rings. The summed E-state index contributed by atoms with van der Waals surface area (Å²) < 4.78 is 40.4. The largest absolute Gasteiger partial charge is 0.363 e. The molecule has 0 aliphatic carbocycles. The van der Waals surface area contributed by atoms with Crippen LogP contribution in [0.25, 0.3) is 11.0 Å². The Bertz CT molecular complexity index is 799. The van der Waals surface area contributed by atoms with Crippen molar-refractivity contribution in [1.29, 1.82) is 5.26 Å². The van der Waals surface area contributed by atoms with E-state index < -0.39 is 17.9 Å². The summed E-state index contributed by atoms with van der Waals surface area (Å²) in [5, 5.41) is 9.46. The summed E-state index contributed by atoms with van der Waals surface area (Å²) >= 11 is 6.07. The van der Waals surface area contributed by atoms with E-state index in [4.69, 9.17) is 17.3 Å². The van der Waals surface area contributed by atoms with Crippen LogP contribution >= 0.6 is 11.6 Å². The van der Waals surface area contributed by atoms with Gasteiger partial charge in [-0.05, 0) is 6.92 Å². The molecule has 0 spiro atoms. The van der Waals surface area contributed by atoms with Crippen LogP contribution in [0.2, 0.25) is 5.02 Å². The third-order valence-electron chi connectivity index (χ3n) is 3.60. The molecule has 5 nitrogen and oxygen atoms in total. The summed E-state index contributed by atoms with van der Waals surface area (Å²) in [6.45, 7) is 1.67. The molecule has 116 valence electrons. The Morgan fingerprint density at radius 1 is 1.50 bits per heavy atom. The van der Waals surface area contributed by atoms with Crippen LogP contribution in [-0.2, 0) is 6.05 Å². The van der Waals surface area contributed by atoms with Gasteiger partial charge >= 0.3 is 6.05 Å². The molecule has 22 heavy (non-hydrogen) atoms. The Morgan fingerprint density at radius 3 is 2.64 bits per heavy atom. The van der Waals surface area contributed by atoms with Crippen molar-refractivity contribution in [2.75, 3.05) is 18.0 Å². The molecular weight excluding hydrogens is 319 g/mol. The van der Waals surface area contributed by atoms with Crippen LogP contribution in [0.5, 0.6) is 0 Å². The highest BCUT2D eigenvalue weighted by Crippen LogP contribution is 2.40. The van der Waals surface area contributed by atoms with Crippen molar-refractivity contribution >= 4 is 28.3 Å². The fraction of sp³-hybridized carbons (Fsp3) is 0.385. The molecule has 0 bridgehead atoms. The number of pyridine rings is 1. The number of alkyl halides is 3. The van der Waals surface area contributed by atoms with Gasteiger partial charge in [0, 0.05) is 5.69 Å². The lowest BCUT2D eigenvalue weighted by atomic mass is 10.0. The second-order valence-corrected chi connectivity index (χ2v) is 5.59. The van der Waals surface area contributed by atoms with Crippen LogP contribution in [0.15, 0.2) is 0 Å². The first kappa shape index (κ1) is 14.9. The predicted molar refractivity (Wildman–Crippen MR) is 75.7 cm³/mol. The molecule has 1 aliphatic rings. The Balaban J connectivity index is 2.38. The number of nitrogens with two attached hydrogens (primary N) is 1. The summed E-state index contributed by atoms with van der Waals surface area (Å²) in [5.41, 5.74) is 4.72. The molecule has 2 aromatic heterocycles. The Hall–Kier alpha value is -1.98. The smallest absolute Gasteiger partial charge is 0.345 e. The number of rotatable bonds is 2. The van der Waals surface area contributed by atoms with Gasteiger partial charge in [0.1, 0.15) is 29.0 Å². The molecule has 1 saturated heterocycles. The number of nitrogens with zero attached hydrogens (tertiary/aromatic N) is 3. The van der Waals surface area contributed by atoms with Crippen molar-refractivity contribution in [3.8, 4) is 6.07 Å². The number of nitrogens with one attached hydrogen (secondary N) is 1. The van der Waals surface area contributed by atoms with Crippen molar-refractivity contribution in [3.05, 3.63) is 22.0 Å². The zero-order valence-corrected chi connectivity index (χ0v) is 12.2. The van der Waals surface area contributed by atoms with Crippen molar-refractivity contribution in [2.24, 2.45) is 5.73 Å². The van der Waals surface area contributed by atoms with Gasteiger partial charge in [0.2, 0.25) is 0 Å². The first-order valence-corrected chi connectivity index (χ1v) is 6.80. The van der Waals surface area contributed by atoms with Crippen LogP contribution in [0.1, 0.15) is 17.0 Å². The van der Waals surface area contributed by atoms with E-state index in [2.05, 4.69) is 9.97 Å². The summed E-state index contributed by atoms with van der Waals surface area (Å²) in [4.78, 5) is 8.19. The van der Waals surface area contributed by atoms with Gasteiger partial charge in [0.25, 0.3) is 0 Å². The minimum absolute atomic E-state index is 0.0130. The fourth-order valence-electron chi connectivity index (χ4n) is 2.54. The monoisotopic (exact) mass is 329 g/mol. The van der Waals surface area contributed by atoms with E-state index >= 15 is 0 Å². The first-order chi connectivity index (χ1) is 10.2. The number of aryl methyl sites for hydroxylation is 1. The lowest BCUT2D eigenvalue weighted by Crippen LogP contribution is -2.49. The van der Waals surface area contributed by atoms with Crippen LogP contribution in [0.4, 0.5) is 18.9 Å². The summed E-state index contributed by atoms with van der Waals surface area (Å²) in [5.74, 6) is 0. The number of H-pyrrole nitrogens is 1. The van der Waals surface area contributed by atoms with Gasteiger partial charge in [0.05, 0.1) is 29.3 Å². The molecule has 0 unspecified atom stereocenters. The molecule has 0 radical (unpaired) electrons. The third-order valence-corrected chi connectivity index (χ3v) is 4.06. The van der Waals surface area contributed by atoms with Crippen LogP contribution in [0, 0.1) is 18.3 Å². The maximum Gasteiger partial charge on any atom is 0.345 e. The van der Waals surface area contributed by atoms with Crippen molar-refractivity contribution in [1.82, 2.24) is 9.97 Å². The number of hydrogen-bond donors (Lipinski definition) is 2. The van der Waals surface area contributed by atoms with E-state index in [1.807, 2.05) is 0 Å². The first-order valence-electron chi connectivity index (χ1n) is 6.42. The quantitative estimate of drug-likeness (QED) is 0.830.